The number of hydrogen-bond acceptors (Lipinski definition) is 4. The fourth-order valence-electron chi connectivity index (χ4n) is 4.16. The van der Waals surface area contributed by atoms with Crippen LogP contribution in [0.3, 0.4) is 0 Å². The minimum atomic E-state index is -3.76. The molecule has 1 saturated heterocycles. The summed E-state index contributed by atoms with van der Waals surface area (Å²) < 4.78 is 27.7. The molecular weight excluding hydrogens is 422 g/mol. The quantitative estimate of drug-likeness (QED) is 0.781. The summed E-state index contributed by atoms with van der Waals surface area (Å²) in [6.45, 7) is 2.14. The van der Waals surface area contributed by atoms with Crippen LogP contribution in [0.2, 0.25) is 5.02 Å². The second-order valence-corrected chi connectivity index (χ2v) is 10.3. The summed E-state index contributed by atoms with van der Waals surface area (Å²) in [6.07, 6.45) is 2.88. The van der Waals surface area contributed by atoms with E-state index in [2.05, 4.69) is 16.3 Å². The Balaban J connectivity index is 1.57. The van der Waals surface area contributed by atoms with Gasteiger partial charge in [0.25, 0.3) is 5.91 Å². The maximum Gasteiger partial charge on any atom is 0.251 e. The molecule has 6 nitrogen and oxygen atoms in total. The predicted octanol–water partition coefficient (Wildman–Crippen LogP) is 3.08. The van der Waals surface area contributed by atoms with Crippen LogP contribution in [0, 0.1) is 0 Å². The Labute approximate surface area is 182 Å². The van der Waals surface area contributed by atoms with Crippen molar-refractivity contribution in [2.45, 2.75) is 30.2 Å². The molecule has 1 amide bonds. The summed E-state index contributed by atoms with van der Waals surface area (Å²) in [5.41, 5.74) is 2.69. The minimum Gasteiger partial charge on any atom is -0.345 e. The van der Waals surface area contributed by atoms with Crippen LogP contribution in [-0.2, 0) is 16.4 Å². The second kappa shape index (κ2) is 8.67. The molecule has 1 fully saturated rings. The zero-order chi connectivity index (χ0) is 21.3. The van der Waals surface area contributed by atoms with Gasteiger partial charge in [0.15, 0.2) is 0 Å². The Morgan fingerprint density at radius 1 is 1.10 bits per heavy atom. The van der Waals surface area contributed by atoms with Gasteiger partial charge in [-0.3, -0.25) is 4.79 Å². The Morgan fingerprint density at radius 3 is 2.60 bits per heavy atom. The topological polar surface area (TPSA) is 69.7 Å². The van der Waals surface area contributed by atoms with Crippen LogP contribution in [0.4, 0.5) is 0 Å². The van der Waals surface area contributed by atoms with E-state index in [4.69, 9.17) is 11.6 Å². The molecule has 1 aliphatic heterocycles. The number of benzene rings is 2. The third kappa shape index (κ3) is 4.25. The minimum absolute atomic E-state index is 0.00888. The lowest BCUT2D eigenvalue weighted by molar-refractivity contribution is 0.0932. The molecule has 1 N–H and O–H groups in total. The van der Waals surface area contributed by atoms with Gasteiger partial charge in [-0.2, -0.15) is 4.31 Å². The van der Waals surface area contributed by atoms with Crippen molar-refractivity contribution >= 4 is 27.5 Å². The summed E-state index contributed by atoms with van der Waals surface area (Å²) in [5.74, 6) is -0.289. The van der Waals surface area contributed by atoms with Crippen molar-refractivity contribution in [3.05, 3.63) is 64.2 Å². The summed E-state index contributed by atoms with van der Waals surface area (Å²) in [7, 11) is -1.80. The smallest absolute Gasteiger partial charge is 0.251 e. The van der Waals surface area contributed by atoms with E-state index >= 15 is 0 Å². The zero-order valence-electron chi connectivity index (χ0n) is 17.0. The van der Waals surface area contributed by atoms with Crippen LogP contribution < -0.4 is 5.32 Å². The molecule has 1 atom stereocenters. The summed E-state index contributed by atoms with van der Waals surface area (Å²) in [6, 6.07) is 12.5. The Morgan fingerprint density at radius 2 is 1.83 bits per heavy atom. The van der Waals surface area contributed by atoms with Gasteiger partial charge in [0.1, 0.15) is 4.90 Å². The molecule has 160 valence electrons. The lowest BCUT2D eigenvalue weighted by atomic mass is 9.87. The first-order valence-electron chi connectivity index (χ1n) is 10.2. The first kappa shape index (κ1) is 21.3. The van der Waals surface area contributed by atoms with Gasteiger partial charge < -0.3 is 10.2 Å². The Kier molecular flexibility index (Phi) is 6.16. The molecule has 0 bridgehead atoms. The lowest BCUT2D eigenvalue weighted by Crippen LogP contribution is -2.47. The molecule has 0 aromatic heterocycles. The highest BCUT2D eigenvalue weighted by Crippen LogP contribution is 2.31. The van der Waals surface area contributed by atoms with E-state index in [1.807, 2.05) is 25.2 Å². The molecule has 4 rings (SSSR count). The SMILES string of the molecule is CN1CCN(S(=O)(=O)c2cc(C(=O)N[C@H]3CCCc4ccccc43)ccc2Cl)CC1. The molecule has 2 aromatic rings. The van der Waals surface area contributed by atoms with E-state index in [1.54, 1.807) is 6.07 Å². The van der Waals surface area contributed by atoms with E-state index in [0.29, 0.717) is 31.7 Å². The van der Waals surface area contributed by atoms with Crippen molar-refractivity contribution < 1.29 is 13.2 Å². The van der Waals surface area contributed by atoms with E-state index in [9.17, 15) is 13.2 Å². The van der Waals surface area contributed by atoms with Gasteiger partial charge >= 0.3 is 0 Å². The van der Waals surface area contributed by atoms with Crippen LogP contribution in [0.15, 0.2) is 47.4 Å². The highest BCUT2D eigenvalue weighted by atomic mass is 35.5. The van der Waals surface area contributed by atoms with Gasteiger partial charge in [-0.25, -0.2) is 8.42 Å². The molecular formula is C22H26ClN3O3S. The molecule has 1 aliphatic carbocycles. The standard InChI is InChI=1S/C22H26ClN3O3S/c1-25-11-13-26(14-12-25)30(28,29)21-15-17(9-10-19(21)23)22(27)24-20-8-4-6-16-5-2-3-7-18(16)20/h2-3,5,7,9-10,15,20H,4,6,8,11-14H2,1H3,(H,24,27)/t20-/m0/s1. The summed E-state index contributed by atoms with van der Waals surface area (Å²) in [4.78, 5) is 15.0. The van der Waals surface area contributed by atoms with E-state index < -0.39 is 10.0 Å². The van der Waals surface area contributed by atoms with Crippen molar-refractivity contribution in [1.29, 1.82) is 0 Å². The van der Waals surface area contributed by atoms with Crippen molar-refractivity contribution in [1.82, 2.24) is 14.5 Å². The number of likely N-dealkylation sites (N-methyl/N-ethyl adjacent to an activating group) is 1. The van der Waals surface area contributed by atoms with Crippen LogP contribution in [0.5, 0.6) is 0 Å². The second-order valence-electron chi connectivity index (χ2n) is 7.97. The highest BCUT2D eigenvalue weighted by molar-refractivity contribution is 7.89. The molecule has 30 heavy (non-hydrogen) atoms. The number of carbonyl (C=O) groups excluding carboxylic acids is 1. The zero-order valence-corrected chi connectivity index (χ0v) is 18.5. The molecule has 0 spiro atoms. The van der Waals surface area contributed by atoms with Gasteiger partial charge in [0.2, 0.25) is 10.0 Å². The average molecular weight is 448 g/mol. The molecule has 8 heteroatoms. The van der Waals surface area contributed by atoms with Crippen molar-refractivity contribution in [3.63, 3.8) is 0 Å². The Bertz CT molecular complexity index is 1050. The van der Waals surface area contributed by atoms with Crippen LogP contribution in [0.1, 0.15) is 40.4 Å². The van der Waals surface area contributed by atoms with Gasteiger partial charge in [-0.15, -0.1) is 0 Å². The van der Waals surface area contributed by atoms with Gasteiger partial charge in [0.05, 0.1) is 11.1 Å². The number of nitrogens with zero attached hydrogens (tertiary/aromatic N) is 2. The average Bonchev–Trinajstić information content (AvgIpc) is 2.74. The number of amides is 1. The number of sulfonamides is 1. The van der Waals surface area contributed by atoms with E-state index in [-0.39, 0.29) is 21.9 Å². The maximum atomic E-state index is 13.1. The van der Waals surface area contributed by atoms with Gasteiger partial charge in [-0.05, 0) is 55.6 Å². The third-order valence-corrected chi connectivity index (χ3v) is 8.33. The van der Waals surface area contributed by atoms with Crippen LogP contribution in [0.25, 0.3) is 0 Å². The van der Waals surface area contributed by atoms with Crippen LogP contribution >= 0.6 is 11.6 Å². The fraction of sp³-hybridized carbons (Fsp3) is 0.409. The number of fused-ring (bicyclic) bond motifs is 1. The fourth-order valence-corrected chi connectivity index (χ4v) is 6.08. The molecule has 0 radical (unpaired) electrons. The Hall–Kier alpha value is -1.93. The number of rotatable bonds is 4. The third-order valence-electron chi connectivity index (χ3n) is 5.95. The summed E-state index contributed by atoms with van der Waals surface area (Å²) >= 11 is 6.24. The van der Waals surface area contributed by atoms with Crippen molar-refractivity contribution in [3.8, 4) is 0 Å². The highest BCUT2D eigenvalue weighted by Gasteiger charge is 2.30. The van der Waals surface area contributed by atoms with Crippen molar-refractivity contribution in [2.24, 2.45) is 0 Å². The van der Waals surface area contributed by atoms with Gasteiger partial charge in [0, 0.05) is 31.7 Å². The molecule has 2 aromatic carbocycles. The number of hydrogen-bond donors (Lipinski definition) is 1. The molecule has 1 heterocycles. The normalized spacial score (nSPS) is 20.5. The molecule has 2 aliphatic rings. The number of aryl methyl sites for hydroxylation is 1. The molecule has 0 unspecified atom stereocenters. The number of piperazine rings is 1. The predicted molar refractivity (Wildman–Crippen MR) is 117 cm³/mol. The number of carbonyl (C=O) groups is 1. The van der Waals surface area contributed by atoms with Crippen LogP contribution in [-0.4, -0.2) is 56.8 Å². The van der Waals surface area contributed by atoms with Crippen molar-refractivity contribution in [2.75, 3.05) is 33.2 Å². The lowest BCUT2D eigenvalue weighted by Gasteiger charge is -2.31. The largest absolute Gasteiger partial charge is 0.345 e. The monoisotopic (exact) mass is 447 g/mol. The number of halogens is 1. The van der Waals surface area contributed by atoms with E-state index in [1.165, 1.54) is 22.0 Å². The first-order chi connectivity index (χ1) is 14.4. The molecule has 0 saturated carbocycles. The maximum absolute atomic E-state index is 13.1. The van der Waals surface area contributed by atoms with Gasteiger partial charge in [-0.1, -0.05) is 35.9 Å². The summed E-state index contributed by atoms with van der Waals surface area (Å²) in [5, 5.41) is 3.21. The van der Waals surface area contributed by atoms with E-state index in [0.717, 1.165) is 24.8 Å². The number of nitrogens with one attached hydrogen (secondary N) is 1. The first-order valence-corrected chi connectivity index (χ1v) is 12.0.